The Morgan fingerprint density at radius 2 is 1.01 bits per heavy atom. The molecule has 21 heteroatoms. The fraction of sp³-hybridized carbons (Fsp3) is 0.319. The molecule has 3 aliphatic rings. The van der Waals surface area contributed by atoms with Gasteiger partial charge in [0.1, 0.15) is 10.8 Å². The average molecular weight is 1280 g/mol. The van der Waals surface area contributed by atoms with Gasteiger partial charge in [-0.3, -0.25) is 29.3 Å². The first-order valence-electron chi connectivity index (χ1n) is 31.4. The summed E-state index contributed by atoms with van der Waals surface area (Å²) in [7, 11) is 14.5. The first kappa shape index (κ1) is 71.9. The van der Waals surface area contributed by atoms with Crippen molar-refractivity contribution in [2.24, 2.45) is 0 Å². The monoisotopic (exact) mass is 1280 g/mol. The third kappa shape index (κ3) is 23.2. The molecular formula is C72H92N14O6S. The lowest BCUT2D eigenvalue weighted by molar-refractivity contribution is 0.0607. The van der Waals surface area contributed by atoms with Gasteiger partial charge in [-0.25, -0.2) is 0 Å². The van der Waals surface area contributed by atoms with Crippen LogP contribution in [0.25, 0.3) is 5.70 Å². The van der Waals surface area contributed by atoms with E-state index in [1.54, 1.807) is 49.5 Å². The van der Waals surface area contributed by atoms with Crippen LogP contribution in [0.4, 0.5) is 39.3 Å². The van der Waals surface area contributed by atoms with Crippen molar-refractivity contribution in [2.45, 2.75) is 77.4 Å². The Morgan fingerprint density at radius 3 is 1.45 bits per heavy atom. The third-order valence-electron chi connectivity index (χ3n) is 15.3. The maximum atomic E-state index is 12.5. The Kier molecular flexibility index (Phi) is 29.3. The standard InChI is InChI=1S/C15H22N2O.C14H16N2O2.C12H16N2.C11H12N4OS.C11H14N2O.C9H12N2O/c1-3-14-9-4-5-10-17(14)15(18)12-7-6-8-13(11-12)16-2;1-15-12-6-3-5-11(9-12)14(17)16(2)10-13-7-4-8-18-13;1-10(14-7-4-8-14)11-5-3-6-12(9-11)13-2;1-7-14-15-11(17-7)13-10(16)8-4-3-5-9(6-8)12-2;1-12-10-4-2-3-8(7-10)11(14)13-9-5-6-9;1-10-8-5-3-4-7(6-8)9(12)11-2/h6-8,11,14,16H,3-5,9-10H2,1-2H3;3-9,15H,10H2,1-2H3;3,5-6,9,13H,1,4,7-8H2,2H3;3-6,12H,1-2H3,(H,13,15,16);2-4,7,9,12H,5-6H2,1H3,(H,13,14);3-6,10H,1-2H3,(H,11,12). The second-order valence-corrected chi connectivity index (χ2v) is 23.2. The number of hydrogen-bond donors (Lipinski definition) is 9. The minimum absolute atomic E-state index is 0.0245. The zero-order valence-electron chi connectivity index (χ0n) is 55.3. The zero-order chi connectivity index (χ0) is 67.1. The van der Waals surface area contributed by atoms with Crippen LogP contribution in [0.3, 0.4) is 0 Å². The lowest BCUT2D eigenvalue weighted by atomic mass is 9.99. The van der Waals surface area contributed by atoms with Gasteiger partial charge in [0.2, 0.25) is 5.13 Å². The molecule has 0 spiro atoms. The number of carbonyl (C=O) groups excluding carboxylic acids is 5. The molecular weight excluding hydrogens is 1190 g/mol. The average Bonchev–Trinajstić information content (AvgIpc) is 1.63. The van der Waals surface area contributed by atoms with Crippen molar-refractivity contribution in [1.82, 2.24) is 35.5 Å². The van der Waals surface area contributed by atoms with E-state index in [2.05, 4.69) is 106 Å². The van der Waals surface area contributed by atoms with Gasteiger partial charge in [0.25, 0.3) is 29.5 Å². The van der Waals surface area contributed by atoms with Crippen LogP contribution in [0.2, 0.25) is 0 Å². The van der Waals surface area contributed by atoms with Crippen molar-refractivity contribution in [3.05, 3.63) is 215 Å². The van der Waals surface area contributed by atoms with Gasteiger partial charge < -0.3 is 61.7 Å². The molecule has 0 bridgehead atoms. The number of anilines is 7. The van der Waals surface area contributed by atoms with Gasteiger partial charge in [-0.2, -0.15) is 0 Å². The Labute approximate surface area is 552 Å². The van der Waals surface area contributed by atoms with Crippen LogP contribution in [0.1, 0.15) is 120 Å². The predicted octanol–water partition coefficient (Wildman–Crippen LogP) is 13.0. The van der Waals surface area contributed by atoms with Crippen LogP contribution in [0.15, 0.2) is 175 Å². The lowest BCUT2D eigenvalue weighted by Gasteiger charge is -2.35. The molecule has 1 saturated carbocycles. The normalized spacial score (nSPS) is 13.2. The molecule has 0 radical (unpaired) electrons. The molecule has 11 rings (SSSR count). The van der Waals surface area contributed by atoms with E-state index in [0.29, 0.717) is 40.5 Å². The van der Waals surface area contributed by atoms with E-state index in [1.807, 2.05) is 158 Å². The van der Waals surface area contributed by atoms with Gasteiger partial charge in [0, 0.05) is 156 Å². The summed E-state index contributed by atoms with van der Waals surface area (Å²) in [6.45, 7) is 11.8. The summed E-state index contributed by atoms with van der Waals surface area (Å²) in [5.74, 6) is 0.715. The number of amides is 5. The van der Waals surface area contributed by atoms with Crippen molar-refractivity contribution in [3.8, 4) is 0 Å². The smallest absolute Gasteiger partial charge is 0.257 e. The molecule has 2 aromatic heterocycles. The number of benzene rings is 6. The van der Waals surface area contributed by atoms with Gasteiger partial charge in [-0.1, -0.05) is 67.3 Å². The first-order valence-corrected chi connectivity index (χ1v) is 32.2. The van der Waals surface area contributed by atoms with Crippen LogP contribution in [-0.4, -0.2) is 143 Å². The van der Waals surface area contributed by atoms with Crippen molar-refractivity contribution >= 4 is 85.8 Å². The first-order chi connectivity index (χ1) is 45.0. The van der Waals surface area contributed by atoms with Crippen molar-refractivity contribution in [1.29, 1.82) is 0 Å². The molecule has 9 N–H and O–H groups in total. The highest BCUT2D eigenvalue weighted by atomic mass is 32.1. The molecule has 2 aliphatic heterocycles. The third-order valence-corrected chi connectivity index (χ3v) is 16.1. The minimum Gasteiger partial charge on any atom is -0.467 e. The summed E-state index contributed by atoms with van der Waals surface area (Å²) in [6.07, 6.45) is 9.73. The number of carbonyl (C=O) groups is 5. The molecule has 93 heavy (non-hydrogen) atoms. The summed E-state index contributed by atoms with van der Waals surface area (Å²) in [4.78, 5) is 65.4. The molecule has 4 heterocycles. The second kappa shape index (κ2) is 37.9. The summed E-state index contributed by atoms with van der Waals surface area (Å²) in [5.41, 5.74) is 11.7. The van der Waals surface area contributed by atoms with E-state index in [0.717, 1.165) is 113 Å². The highest BCUT2D eigenvalue weighted by Crippen LogP contribution is 2.26. The summed E-state index contributed by atoms with van der Waals surface area (Å²) in [5, 5.41) is 35.4. The molecule has 8 aromatic rings. The van der Waals surface area contributed by atoms with Gasteiger partial charge in [0.15, 0.2) is 0 Å². The molecule has 6 aromatic carbocycles. The van der Waals surface area contributed by atoms with E-state index < -0.39 is 0 Å². The van der Waals surface area contributed by atoms with E-state index in [9.17, 15) is 24.0 Å². The molecule has 2 saturated heterocycles. The fourth-order valence-electron chi connectivity index (χ4n) is 9.63. The number of likely N-dealkylation sites (tertiary alicyclic amines) is 2. The van der Waals surface area contributed by atoms with Crippen LogP contribution < -0.4 is 47.9 Å². The van der Waals surface area contributed by atoms with Crippen LogP contribution in [-0.2, 0) is 6.54 Å². The molecule has 5 amide bonds. The van der Waals surface area contributed by atoms with Gasteiger partial charge in [-0.15, -0.1) is 10.2 Å². The fourth-order valence-corrected chi connectivity index (χ4v) is 10.2. The summed E-state index contributed by atoms with van der Waals surface area (Å²) in [6, 6.07) is 50.2. The van der Waals surface area contributed by atoms with Crippen LogP contribution >= 0.6 is 11.3 Å². The van der Waals surface area contributed by atoms with Crippen molar-refractivity contribution in [2.75, 3.05) is 113 Å². The van der Waals surface area contributed by atoms with E-state index in [-0.39, 0.29) is 29.5 Å². The largest absolute Gasteiger partial charge is 0.467 e. The summed E-state index contributed by atoms with van der Waals surface area (Å²) >= 11 is 1.35. The number of piperidine rings is 1. The number of aromatic nitrogens is 2. The van der Waals surface area contributed by atoms with Crippen molar-refractivity contribution in [3.63, 3.8) is 0 Å². The maximum Gasteiger partial charge on any atom is 0.257 e. The number of hydrogen-bond acceptors (Lipinski definition) is 16. The minimum atomic E-state index is -0.182. The Bertz CT molecular complexity index is 3660. The Balaban J connectivity index is 0.000000178. The number of rotatable bonds is 18. The molecule has 3 fully saturated rings. The quantitative estimate of drug-likeness (QED) is 0.0388. The Morgan fingerprint density at radius 1 is 0.548 bits per heavy atom. The maximum absolute atomic E-state index is 12.5. The SMILES string of the molecule is C=C(c1cccc(NC)c1)N1CCC1.CCC1CCCCN1C(=O)c1cccc(NC)c1.CNC(=O)c1cccc(NC)c1.CNc1cccc(C(=O)N(C)Cc2ccco2)c1.CNc1cccc(C(=O)NC2CC2)c1.CNc1cccc(C(=O)Nc2nnc(C)s2)c1. The van der Waals surface area contributed by atoms with Crippen LogP contribution in [0.5, 0.6) is 0 Å². The molecule has 20 nitrogen and oxygen atoms in total. The number of nitrogens with zero attached hydrogens (tertiary/aromatic N) is 5. The highest BCUT2D eigenvalue weighted by molar-refractivity contribution is 7.15. The zero-order valence-corrected chi connectivity index (χ0v) is 56.1. The van der Waals surface area contributed by atoms with Gasteiger partial charge in [0.05, 0.1) is 12.8 Å². The molecule has 1 atom stereocenters. The van der Waals surface area contributed by atoms with E-state index >= 15 is 0 Å². The molecule has 1 aliphatic carbocycles. The number of furan rings is 1. The predicted molar refractivity (Wildman–Crippen MR) is 381 cm³/mol. The van der Waals surface area contributed by atoms with E-state index in [4.69, 9.17) is 4.42 Å². The molecule has 492 valence electrons. The van der Waals surface area contributed by atoms with Gasteiger partial charge >= 0.3 is 0 Å². The second-order valence-electron chi connectivity index (χ2n) is 22.0. The van der Waals surface area contributed by atoms with Crippen molar-refractivity contribution < 1.29 is 28.4 Å². The lowest BCUT2D eigenvalue weighted by Crippen LogP contribution is -2.43. The number of nitrogens with one attached hydrogen (secondary N) is 9. The topological polar surface area (TPSA) is 242 Å². The van der Waals surface area contributed by atoms with Crippen LogP contribution in [0, 0.1) is 6.92 Å². The van der Waals surface area contributed by atoms with Gasteiger partial charge in [-0.05, 0) is 173 Å². The van der Waals surface area contributed by atoms with E-state index in [1.165, 1.54) is 29.7 Å². The highest BCUT2D eigenvalue weighted by Gasteiger charge is 2.27. The summed E-state index contributed by atoms with van der Waals surface area (Å²) < 4.78 is 5.23. The molecule has 1 unspecified atom stereocenters. The number of aryl methyl sites for hydroxylation is 1. The Hall–Kier alpha value is -10.2.